The van der Waals surface area contributed by atoms with Crippen molar-refractivity contribution in [2.75, 3.05) is 36.0 Å². The lowest BCUT2D eigenvalue weighted by Crippen LogP contribution is -2.44. The lowest BCUT2D eigenvalue weighted by Gasteiger charge is -2.38. The molecule has 162 valence electrons. The summed E-state index contributed by atoms with van der Waals surface area (Å²) in [4.78, 5) is 4.67. The summed E-state index contributed by atoms with van der Waals surface area (Å²) in [6.45, 7) is 6.01. The molecule has 2 aromatic heterocycles. The minimum atomic E-state index is -0.152. The number of anilines is 2. The average Bonchev–Trinajstić information content (AvgIpc) is 3.45. The Kier molecular flexibility index (Phi) is 5.55. The molecule has 0 saturated carbocycles. The van der Waals surface area contributed by atoms with Crippen LogP contribution in [0.5, 0.6) is 0 Å². The van der Waals surface area contributed by atoms with Gasteiger partial charge in [-0.05, 0) is 56.0 Å². The van der Waals surface area contributed by atoms with Crippen LogP contribution < -0.4 is 9.80 Å². The molecule has 1 saturated heterocycles. The van der Waals surface area contributed by atoms with Gasteiger partial charge < -0.3 is 14.5 Å². The fourth-order valence-electron chi connectivity index (χ4n) is 4.55. The molecule has 1 aromatic carbocycles. The van der Waals surface area contributed by atoms with Crippen molar-refractivity contribution in [1.29, 1.82) is 0 Å². The molecular formula is C23H27FN6O. The maximum atomic E-state index is 13.7. The monoisotopic (exact) mass is 422 g/mol. The number of nitrogens with zero attached hydrogens (tertiary/aromatic N) is 6. The highest BCUT2D eigenvalue weighted by Crippen LogP contribution is 2.33. The van der Waals surface area contributed by atoms with Gasteiger partial charge in [-0.25, -0.2) is 9.07 Å². The van der Waals surface area contributed by atoms with Gasteiger partial charge in [-0.15, -0.1) is 10.2 Å². The molecule has 0 N–H and O–H groups in total. The second-order valence-electron chi connectivity index (χ2n) is 8.11. The zero-order chi connectivity index (χ0) is 21.2. The molecule has 1 fully saturated rings. The van der Waals surface area contributed by atoms with Crippen LogP contribution >= 0.6 is 0 Å². The number of rotatable bonds is 6. The van der Waals surface area contributed by atoms with Crippen LogP contribution in [0.2, 0.25) is 0 Å². The van der Waals surface area contributed by atoms with Gasteiger partial charge in [0.2, 0.25) is 0 Å². The molecule has 5 rings (SSSR count). The first-order chi connectivity index (χ1) is 15.2. The Bertz CT molecular complexity index is 1030. The van der Waals surface area contributed by atoms with Gasteiger partial charge in [0, 0.05) is 49.7 Å². The summed E-state index contributed by atoms with van der Waals surface area (Å²) >= 11 is 0. The fourth-order valence-corrected chi connectivity index (χ4v) is 4.55. The van der Waals surface area contributed by atoms with Crippen molar-refractivity contribution in [1.82, 2.24) is 20.0 Å². The Morgan fingerprint density at radius 2 is 1.87 bits per heavy atom. The normalized spacial score (nSPS) is 16.7. The van der Waals surface area contributed by atoms with E-state index in [1.54, 1.807) is 23.0 Å². The third kappa shape index (κ3) is 4.12. The summed E-state index contributed by atoms with van der Waals surface area (Å²) in [6, 6.07) is 9.58. The van der Waals surface area contributed by atoms with Crippen LogP contribution in [0, 0.1) is 5.82 Å². The Morgan fingerprint density at radius 1 is 1.06 bits per heavy atom. The molecule has 0 spiro atoms. The second kappa shape index (κ2) is 8.63. The zero-order valence-corrected chi connectivity index (χ0v) is 17.7. The highest BCUT2D eigenvalue weighted by molar-refractivity contribution is 5.59. The SMILES string of the molecule is CCOCc1cnn(-c2ccc(N3CCC(N4CCc5ccc(F)cc54)CC3)nn2)c1. The number of benzene rings is 1. The van der Waals surface area contributed by atoms with Crippen molar-refractivity contribution >= 4 is 11.5 Å². The van der Waals surface area contributed by atoms with Crippen LogP contribution in [0.4, 0.5) is 15.9 Å². The van der Waals surface area contributed by atoms with Gasteiger partial charge in [-0.2, -0.15) is 5.10 Å². The van der Waals surface area contributed by atoms with Crippen molar-refractivity contribution in [3.63, 3.8) is 0 Å². The van der Waals surface area contributed by atoms with Gasteiger partial charge in [-0.1, -0.05) is 6.07 Å². The summed E-state index contributed by atoms with van der Waals surface area (Å²) in [5.41, 5.74) is 3.34. The summed E-state index contributed by atoms with van der Waals surface area (Å²) < 4.78 is 20.9. The Morgan fingerprint density at radius 3 is 2.65 bits per heavy atom. The molecule has 0 bridgehead atoms. The fraction of sp³-hybridized carbons (Fsp3) is 0.435. The van der Waals surface area contributed by atoms with Crippen molar-refractivity contribution in [3.05, 3.63) is 59.7 Å². The van der Waals surface area contributed by atoms with Crippen LogP contribution in [0.1, 0.15) is 30.9 Å². The summed E-state index contributed by atoms with van der Waals surface area (Å²) in [5.74, 6) is 1.43. The third-order valence-corrected chi connectivity index (χ3v) is 6.19. The predicted octanol–water partition coefficient (Wildman–Crippen LogP) is 3.37. The molecule has 7 nitrogen and oxygen atoms in total. The number of aromatic nitrogens is 4. The van der Waals surface area contributed by atoms with Gasteiger partial charge in [-0.3, -0.25) is 0 Å². The topological polar surface area (TPSA) is 59.3 Å². The van der Waals surface area contributed by atoms with Crippen LogP contribution in [0.15, 0.2) is 42.7 Å². The van der Waals surface area contributed by atoms with Crippen molar-refractivity contribution < 1.29 is 9.13 Å². The van der Waals surface area contributed by atoms with E-state index in [1.165, 1.54) is 5.56 Å². The molecule has 0 radical (unpaired) electrons. The lowest BCUT2D eigenvalue weighted by atomic mass is 10.0. The maximum absolute atomic E-state index is 13.7. The van der Waals surface area contributed by atoms with Crippen molar-refractivity contribution in [3.8, 4) is 5.82 Å². The Labute approximate surface area is 181 Å². The molecule has 0 amide bonds. The van der Waals surface area contributed by atoms with E-state index in [2.05, 4.69) is 25.1 Å². The predicted molar refractivity (Wildman–Crippen MR) is 117 cm³/mol. The number of piperidine rings is 1. The number of ether oxygens (including phenoxy) is 1. The second-order valence-corrected chi connectivity index (χ2v) is 8.11. The molecule has 2 aliphatic heterocycles. The standard InChI is InChI=1S/C23H27FN6O/c1-2-31-16-17-14-25-30(15-17)23-6-5-22(26-27-23)28-10-8-20(9-11-28)29-12-7-18-3-4-19(24)13-21(18)29/h3-6,13-15,20H,2,7-12,16H2,1H3. The smallest absolute Gasteiger partial charge is 0.175 e. The number of fused-ring (bicyclic) bond motifs is 1. The van der Waals surface area contributed by atoms with E-state index < -0.39 is 0 Å². The number of hydrogen-bond acceptors (Lipinski definition) is 6. The van der Waals surface area contributed by atoms with Crippen molar-refractivity contribution in [2.24, 2.45) is 0 Å². The maximum Gasteiger partial charge on any atom is 0.175 e. The molecule has 3 aromatic rings. The quantitative estimate of drug-likeness (QED) is 0.607. The number of hydrogen-bond donors (Lipinski definition) is 0. The summed E-state index contributed by atoms with van der Waals surface area (Å²) in [5, 5.41) is 13.2. The van der Waals surface area contributed by atoms with E-state index in [0.717, 1.165) is 56.0 Å². The van der Waals surface area contributed by atoms with Crippen LogP contribution in [-0.4, -0.2) is 52.3 Å². The summed E-state index contributed by atoms with van der Waals surface area (Å²) in [7, 11) is 0. The first kappa shape index (κ1) is 19.9. The van der Waals surface area contributed by atoms with Crippen LogP contribution in [0.25, 0.3) is 5.82 Å². The largest absolute Gasteiger partial charge is 0.377 e. The molecule has 2 aliphatic rings. The van der Waals surface area contributed by atoms with E-state index in [0.29, 0.717) is 25.1 Å². The third-order valence-electron chi connectivity index (χ3n) is 6.19. The zero-order valence-electron chi connectivity index (χ0n) is 17.7. The van der Waals surface area contributed by atoms with E-state index in [4.69, 9.17) is 4.74 Å². The van der Waals surface area contributed by atoms with Crippen molar-refractivity contribution in [2.45, 2.75) is 38.8 Å². The molecular weight excluding hydrogens is 395 g/mol. The molecule has 0 unspecified atom stereocenters. The molecule has 8 heteroatoms. The highest BCUT2D eigenvalue weighted by atomic mass is 19.1. The number of halogens is 1. The molecule has 0 atom stereocenters. The van der Waals surface area contributed by atoms with E-state index >= 15 is 0 Å². The lowest BCUT2D eigenvalue weighted by molar-refractivity contribution is 0.134. The van der Waals surface area contributed by atoms with E-state index in [-0.39, 0.29) is 5.82 Å². The minimum Gasteiger partial charge on any atom is -0.377 e. The minimum absolute atomic E-state index is 0.152. The summed E-state index contributed by atoms with van der Waals surface area (Å²) in [6.07, 6.45) is 6.76. The van der Waals surface area contributed by atoms with Crippen LogP contribution in [-0.2, 0) is 17.8 Å². The first-order valence-corrected chi connectivity index (χ1v) is 11.0. The van der Waals surface area contributed by atoms with Gasteiger partial charge in [0.05, 0.1) is 12.8 Å². The van der Waals surface area contributed by atoms with Gasteiger partial charge in [0.25, 0.3) is 0 Å². The van der Waals surface area contributed by atoms with E-state index in [1.807, 2.05) is 31.3 Å². The Hall–Kier alpha value is -3.00. The Balaban J connectivity index is 1.21. The average molecular weight is 423 g/mol. The molecule has 0 aliphatic carbocycles. The van der Waals surface area contributed by atoms with Crippen LogP contribution in [0.3, 0.4) is 0 Å². The van der Waals surface area contributed by atoms with Gasteiger partial charge in [0.15, 0.2) is 11.6 Å². The van der Waals surface area contributed by atoms with E-state index in [9.17, 15) is 4.39 Å². The first-order valence-electron chi connectivity index (χ1n) is 11.0. The van der Waals surface area contributed by atoms with Gasteiger partial charge >= 0.3 is 0 Å². The highest BCUT2D eigenvalue weighted by Gasteiger charge is 2.30. The molecule has 31 heavy (non-hydrogen) atoms. The van der Waals surface area contributed by atoms with Gasteiger partial charge in [0.1, 0.15) is 5.82 Å². The molecule has 4 heterocycles.